The monoisotopic (exact) mass is 677 g/mol. The molecule has 0 unspecified atom stereocenters. The molecule has 0 radical (unpaired) electrons. The number of aliphatic hydroxyl groups is 1. The van der Waals surface area contributed by atoms with Gasteiger partial charge in [0.25, 0.3) is 0 Å². The van der Waals surface area contributed by atoms with Gasteiger partial charge in [0, 0.05) is 57.0 Å². The van der Waals surface area contributed by atoms with Gasteiger partial charge in [-0.25, -0.2) is 13.6 Å². The molecule has 2 saturated heterocycles. The van der Waals surface area contributed by atoms with Crippen molar-refractivity contribution in [3.05, 3.63) is 29.8 Å². The first-order valence-electron chi connectivity index (χ1n) is 17.0. The van der Waals surface area contributed by atoms with E-state index in [4.69, 9.17) is 4.74 Å². The molecular formula is C34H49F2N5O7. The van der Waals surface area contributed by atoms with Gasteiger partial charge < -0.3 is 30.5 Å². The molecule has 12 nitrogen and oxygen atoms in total. The smallest absolute Gasteiger partial charge is 0.407 e. The first-order valence-corrected chi connectivity index (χ1v) is 17.0. The second-order valence-corrected chi connectivity index (χ2v) is 15.1. The molecule has 3 fully saturated rings. The molecule has 3 aliphatic heterocycles. The van der Waals surface area contributed by atoms with Crippen LogP contribution in [0.25, 0.3) is 0 Å². The van der Waals surface area contributed by atoms with Crippen LogP contribution < -0.4 is 15.4 Å². The zero-order valence-electron chi connectivity index (χ0n) is 28.2. The highest BCUT2D eigenvalue weighted by molar-refractivity contribution is 5.94. The van der Waals surface area contributed by atoms with Gasteiger partial charge in [0.05, 0.1) is 18.8 Å². The number of carbonyl (C=O) groups is 4. The van der Waals surface area contributed by atoms with E-state index in [0.29, 0.717) is 31.7 Å². The number of hydrogen-bond donors (Lipinski definition) is 4. The molecule has 6 atom stereocenters. The number of piperazine rings is 1. The van der Waals surface area contributed by atoms with Crippen molar-refractivity contribution in [3.63, 3.8) is 0 Å². The van der Waals surface area contributed by atoms with Crippen molar-refractivity contribution in [2.75, 3.05) is 32.8 Å². The number of nitrogens with zero attached hydrogens (tertiary/aromatic N) is 3. The zero-order chi connectivity index (χ0) is 35.0. The second-order valence-electron chi connectivity index (χ2n) is 15.1. The van der Waals surface area contributed by atoms with Gasteiger partial charge in [-0.3, -0.25) is 24.2 Å². The Morgan fingerprint density at radius 3 is 2.44 bits per heavy atom. The molecule has 5 rings (SSSR count). The molecule has 266 valence electrons. The molecule has 1 aromatic rings. The van der Waals surface area contributed by atoms with Crippen LogP contribution >= 0.6 is 0 Å². The van der Waals surface area contributed by atoms with Crippen LogP contribution in [-0.2, 0) is 14.4 Å². The topological polar surface area (TPSA) is 152 Å². The van der Waals surface area contributed by atoms with E-state index in [1.54, 1.807) is 0 Å². The average molecular weight is 678 g/mol. The molecule has 14 heteroatoms. The van der Waals surface area contributed by atoms with E-state index in [-0.39, 0.29) is 44.6 Å². The van der Waals surface area contributed by atoms with Crippen LogP contribution in [0.15, 0.2) is 24.3 Å². The molecule has 3 heterocycles. The summed E-state index contributed by atoms with van der Waals surface area (Å²) in [6.45, 7) is 8.02. The van der Waals surface area contributed by atoms with Gasteiger partial charge >= 0.3 is 6.09 Å². The van der Waals surface area contributed by atoms with E-state index in [1.165, 1.54) is 11.8 Å². The summed E-state index contributed by atoms with van der Waals surface area (Å²) in [6, 6.07) is 3.42. The molecule has 1 aromatic carbocycles. The fraction of sp³-hybridized carbons (Fsp3) is 0.706. The van der Waals surface area contributed by atoms with E-state index < -0.39 is 78.1 Å². The highest BCUT2D eigenvalue weighted by Crippen LogP contribution is 2.39. The Morgan fingerprint density at radius 1 is 1.08 bits per heavy atom. The third kappa shape index (κ3) is 8.19. The predicted octanol–water partition coefficient (Wildman–Crippen LogP) is 3.00. The van der Waals surface area contributed by atoms with Crippen molar-refractivity contribution in [1.29, 1.82) is 0 Å². The summed E-state index contributed by atoms with van der Waals surface area (Å²) < 4.78 is 34.3. The number of ether oxygens (including phenoxy) is 1. The summed E-state index contributed by atoms with van der Waals surface area (Å²) in [4.78, 5) is 59.0. The molecule has 4 N–H and O–H groups in total. The van der Waals surface area contributed by atoms with E-state index in [0.717, 1.165) is 10.5 Å². The molecule has 4 amide bonds. The van der Waals surface area contributed by atoms with Gasteiger partial charge in [-0.15, -0.1) is 0 Å². The molecule has 1 aliphatic carbocycles. The minimum absolute atomic E-state index is 0.0272. The predicted molar refractivity (Wildman–Crippen MR) is 171 cm³/mol. The number of fused-ring (bicyclic) bond motifs is 2. The van der Waals surface area contributed by atoms with E-state index in [1.807, 2.05) is 49.9 Å². The van der Waals surface area contributed by atoms with Crippen LogP contribution in [0.1, 0.15) is 77.8 Å². The van der Waals surface area contributed by atoms with Gasteiger partial charge in [0.1, 0.15) is 23.9 Å². The largest absolute Gasteiger partial charge is 0.493 e. The Hall–Kier alpha value is -3.52. The van der Waals surface area contributed by atoms with Crippen LogP contribution in [0, 0.1) is 11.3 Å². The summed E-state index contributed by atoms with van der Waals surface area (Å²) >= 11 is 0. The van der Waals surface area contributed by atoms with Gasteiger partial charge in [-0.05, 0) is 43.6 Å². The Morgan fingerprint density at radius 2 is 1.77 bits per heavy atom. The fourth-order valence-corrected chi connectivity index (χ4v) is 7.53. The Kier molecular flexibility index (Phi) is 10.5. The van der Waals surface area contributed by atoms with E-state index in [9.17, 15) is 38.2 Å². The van der Waals surface area contributed by atoms with Crippen molar-refractivity contribution < 1.29 is 42.9 Å². The summed E-state index contributed by atoms with van der Waals surface area (Å²) in [5, 5.41) is 26.2. The first kappa shape index (κ1) is 35.8. The van der Waals surface area contributed by atoms with Crippen molar-refractivity contribution >= 4 is 23.8 Å². The van der Waals surface area contributed by atoms with Crippen LogP contribution in [0.5, 0.6) is 5.75 Å². The normalized spacial score (nSPS) is 27.1. The standard InChI is InChI=1S/C34H49F2N5O7/c1-20(41(32(46)47)19-33(2,3)4)29(43)38-28(21-9-12-34(35,36)13-10-21)31(45)40-16-22-15-23(42)17-39(22)18-26(40)30(44)37-25-11-14-48-27-8-6-5-7-24(25)27/h5-8,20-23,25-26,28,42H,9-19H2,1-4H3,(H,37,44)(H,38,43)(H,46,47)/t20-,22+,23+,25+,26-,28-/m0/s1. The highest BCUT2D eigenvalue weighted by Gasteiger charge is 2.49. The van der Waals surface area contributed by atoms with E-state index in [2.05, 4.69) is 10.6 Å². The summed E-state index contributed by atoms with van der Waals surface area (Å²) in [7, 11) is 0. The second kappa shape index (κ2) is 14.1. The molecule has 4 aliphatic rings. The molecule has 0 aromatic heterocycles. The summed E-state index contributed by atoms with van der Waals surface area (Å²) in [5.41, 5.74) is 0.356. The maximum atomic E-state index is 14.6. The van der Waals surface area contributed by atoms with Gasteiger partial charge in [0.2, 0.25) is 23.6 Å². The lowest BCUT2D eigenvalue weighted by Crippen LogP contribution is -2.67. The maximum absolute atomic E-state index is 14.6. The number of nitrogens with one attached hydrogen (secondary N) is 2. The minimum Gasteiger partial charge on any atom is -0.493 e. The van der Waals surface area contributed by atoms with Gasteiger partial charge in [-0.1, -0.05) is 39.0 Å². The number of amides is 4. The molecule has 0 bridgehead atoms. The number of benzene rings is 1. The lowest BCUT2D eigenvalue weighted by Gasteiger charge is -2.45. The van der Waals surface area contributed by atoms with Crippen LogP contribution in [0.2, 0.25) is 0 Å². The van der Waals surface area contributed by atoms with Crippen molar-refractivity contribution in [2.45, 2.75) is 108 Å². The van der Waals surface area contributed by atoms with Crippen LogP contribution in [0.4, 0.5) is 13.6 Å². The molecule has 48 heavy (non-hydrogen) atoms. The number of carbonyl (C=O) groups excluding carboxylic acids is 3. The SMILES string of the molecule is C[C@@H](C(=O)N[C@H](C(=O)N1C[C@H]2C[C@@H](O)CN2C[C@H]1C(=O)N[C@@H]1CCOc2ccccc21)C1CCC(F)(F)CC1)N(CC(C)(C)C)C(=O)O. The summed E-state index contributed by atoms with van der Waals surface area (Å²) in [5.74, 6) is -4.55. The fourth-order valence-electron chi connectivity index (χ4n) is 7.53. The number of rotatable bonds is 8. The molecule has 1 saturated carbocycles. The van der Waals surface area contributed by atoms with Crippen LogP contribution in [-0.4, -0.2) is 118 Å². The van der Waals surface area contributed by atoms with E-state index >= 15 is 0 Å². The highest BCUT2D eigenvalue weighted by atomic mass is 19.3. The lowest BCUT2D eigenvalue weighted by atomic mass is 9.81. The average Bonchev–Trinajstić information content (AvgIpc) is 3.40. The number of aliphatic hydroxyl groups excluding tert-OH is 1. The summed E-state index contributed by atoms with van der Waals surface area (Å²) in [6.07, 6.45) is -1.96. The maximum Gasteiger partial charge on any atom is 0.407 e. The third-order valence-electron chi connectivity index (χ3n) is 10.1. The molecular weight excluding hydrogens is 628 g/mol. The van der Waals surface area contributed by atoms with Crippen molar-refractivity contribution in [2.24, 2.45) is 11.3 Å². The number of hydrogen-bond acceptors (Lipinski definition) is 7. The first-order chi connectivity index (χ1) is 22.5. The quantitative estimate of drug-likeness (QED) is 0.328. The number of halogens is 2. The van der Waals surface area contributed by atoms with Gasteiger partial charge in [0.15, 0.2) is 0 Å². The number of alkyl halides is 2. The van der Waals surface area contributed by atoms with Crippen molar-refractivity contribution in [3.8, 4) is 5.75 Å². The third-order valence-corrected chi connectivity index (χ3v) is 10.1. The Balaban J connectivity index is 1.42. The van der Waals surface area contributed by atoms with Crippen LogP contribution in [0.3, 0.4) is 0 Å². The Bertz CT molecular complexity index is 1360. The van der Waals surface area contributed by atoms with Gasteiger partial charge in [-0.2, -0.15) is 0 Å². The number of carboxylic acid groups (broad SMARTS) is 1. The molecule has 0 spiro atoms. The zero-order valence-corrected chi connectivity index (χ0v) is 28.2. The number of para-hydroxylation sites is 1. The Labute approximate surface area is 280 Å². The van der Waals surface area contributed by atoms with Crippen molar-refractivity contribution in [1.82, 2.24) is 25.3 Å². The lowest BCUT2D eigenvalue weighted by molar-refractivity contribution is -0.150. The minimum atomic E-state index is -2.89.